The Labute approximate surface area is 37.0 Å². The van der Waals surface area contributed by atoms with Gasteiger partial charge in [0.2, 0.25) is 0 Å². The molecule has 1 rings (SSSR count). The second kappa shape index (κ2) is 1.71. The topological polar surface area (TPSA) is 0 Å². The highest BCUT2D eigenvalue weighted by Crippen LogP contribution is 2.12. The average Bonchev–Trinajstić information content (AvgIpc) is 1.76. The van der Waals surface area contributed by atoms with Gasteiger partial charge in [-0.3, -0.25) is 0 Å². The molecule has 1 aliphatic rings. The molecule has 1 heterocycles. The molecule has 0 saturated carbocycles. The van der Waals surface area contributed by atoms with Gasteiger partial charge in [-0.25, -0.2) is 0 Å². The average molecular weight is 86.2 g/mol. The van der Waals surface area contributed by atoms with Crippen LogP contribution < -0.4 is 0 Å². The van der Waals surface area contributed by atoms with Gasteiger partial charge in [-0.05, 0) is 24.3 Å². The number of rotatable bonds is 0. The zero-order valence-corrected chi connectivity index (χ0v) is 3.79. The van der Waals surface area contributed by atoms with Gasteiger partial charge in [0.25, 0.3) is 0 Å². The summed E-state index contributed by atoms with van der Waals surface area (Å²) in [4.78, 5) is 0. The smallest absolute Gasteiger partial charge is 0.00329 e. The zero-order valence-electron chi connectivity index (χ0n) is 2.98. The van der Waals surface area contributed by atoms with Gasteiger partial charge >= 0.3 is 0 Å². The first kappa shape index (κ1) is 3.54. The Balaban J connectivity index is 2.08. The van der Waals surface area contributed by atoms with Crippen molar-refractivity contribution in [3.05, 3.63) is 12.8 Å². The van der Waals surface area contributed by atoms with Crippen LogP contribution in [0, 0.1) is 12.8 Å². The molecule has 0 bridgehead atoms. The molecular weight excluding hydrogens is 80.1 g/mol. The van der Waals surface area contributed by atoms with E-state index in [4.69, 9.17) is 0 Å². The molecule has 0 N–H and O–H groups in total. The SMILES string of the molecule is [CH]1[CH]CSC1. The molecule has 1 aliphatic heterocycles. The first-order valence-corrected chi connectivity index (χ1v) is 2.88. The molecule has 0 aromatic rings. The van der Waals surface area contributed by atoms with Crippen molar-refractivity contribution in [2.75, 3.05) is 11.5 Å². The van der Waals surface area contributed by atoms with Crippen LogP contribution in [0.4, 0.5) is 0 Å². The molecule has 0 nitrogen and oxygen atoms in total. The maximum atomic E-state index is 2.20. The number of hydrogen-bond acceptors (Lipinski definition) is 1. The van der Waals surface area contributed by atoms with Crippen LogP contribution in [0.5, 0.6) is 0 Å². The molecule has 0 aromatic carbocycles. The van der Waals surface area contributed by atoms with Gasteiger partial charge in [0.05, 0.1) is 0 Å². The van der Waals surface area contributed by atoms with Crippen LogP contribution >= 0.6 is 11.8 Å². The van der Waals surface area contributed by atoms with Crippen LogP contribution in [0.15, 0.2) is 0 Å². The first-order valence-electron chi connectivity index (χ1n) is 1.73. The summed E-state index contributed by atoms with van der Waals surface area (Å²) in [5.41, 5.74) is 0. The van der Waals surface area contributed by atoms with E-state index in [0.29, 0.717) is 0 Å². The quantitative estimate of drug-likeness (QED) is 0.426. The normalized spacial score (nSPS) is 24.0. The summed E-state index contributed by atoms with van der Waals surface area (Å²) in [5.74, 6) is 2.47. The number of hydrogen-bond donors (Lipinski definition) is 0. The maximum Gasteiger partial charge on any atom is -0.00329 e. The van der Waals surface area contributed by atoms with Crippen molar-refractivity contribution >= 4 is 11.8 Å². The number of thioether (sulfide) groups is 1. The second-order valence-corrected chi connectivity index (χ2v) is 2.08. The minimum absolute atomic E-state index is 1.24. The van der Waals surface area contributed by atoms with Crippen molar-refractivity contribution in [1.29, 1.82) is 0 Å². The third-order valence-electron chi connectivity index (χ3n) is 0.595. The Hall–Kier alpha value is 0.350. The van der Waals surface area contributed by atoms with E-state index < -0.39 is 0 Å². The molecule has 1 heteroatoms. The lowest BCUT2D eigenvalue weighted by Gasteiger charge is -1.69. The predicted octanol–water partition coefficient (Wildman–Crippen LogP) is 1.14. The van der Waals surface area contributed by atoms with Crippen LogP contribution in [0.3, 0.4) is 0 Å². The lowest BCUT2D eigenvalue weighted by atomic mass is 10.4. The Morgan fingerprint density at radius 2 is 1.80 bits per heavy atom. The van der Waals surface area contributed by atoms with Gasteiger partial charge in [-0.1, -0.05) is 0 Å². The van der Waals surface area contributed by atoms with E-state index in [9.17, 15) is 0 Å². The Kier molecular flexibility index (Phi) is 1.21. The largest absolute Gasteiger partial charge is 0.161 e. The molecule has 5 heavy (non-hydrogen) atoms. The monoisotopic (exact) mass is 86.0 g/mol. The van der Waals surface area contributed by atoms with Gasteiger partial charge in [0.1, 0.15) is 0 Å². The van der Waals surface area contributed by atoms with Gasteiger partial charge in [-0.2, -0.15) is 11.8 Å². The Morgan fingerprint density at radius 1 is 1.20 bits per heavy atom. The van der Waals surface area contributed by atoms with Gasteiger partial charge in [0.15, 0.2) is 0 Å². The van der Waals surface area contributed by atoms with Crippen LogP contribution in [-0.4, -0.2) is 11.5 Å². The molecule has 0 unspecified atom stereocenters. The van der Waals surface area contributed by atoms with E-state index in [1.807, 2.05) is 11.8 Å². The van der Waals surface area contributed by atoms with E-state index >= 15 is 0 Å². The van der Waals surface area contributed by atoms with Crippen molar-refractivity contribution in [1.82, 2.24) is 0 Å². The van der Waals surface area contributed by atoms with Crippen LogP contribution in [0.25, 0.3) is 0 Å². The molecular formula is C4H6S. The van der Waals surface area contributed by atoms with Gasteiger partial charge in [0, 0.05) is 0 Å². The Bertz CT molecular complexity index is 15.2. The molecule has 1 fully saturated rings. The van der Waals surface area contributed by atoms with Crippen LogP contribution in [0.1, 0.15) is 0 Å². The fourth-order valence-electron chi connectivity index (χ4n) is 0.340. The molecule has 0 aliphatic carbocycles. The molecule has 0 atom stereocenters. The van der Waals surface area contributed by atoms with Crippen molar-refractivity contribution in [3.8, 4) is 0 Å². The van der Waals surface area contributed by atoms with Crippen LogP contribution in [0.2, 0.25) is 0 Å². The van der Waals surface area contributed by atoms with Crippen molar-refractivity contribution in [3.63, 3.8) is 0 Å². The predicted molar refractivity (Wildman–Crippen MR) is 25.9 cm³/mol. The molecule has 28 valence electrons. The summed E-state index contributed by atoms with van der Waals surface area (Å²) in [6.45, 7) is 0. The zero-order chi connectivity index (χ0) is 3.54. The highest BCUT2D eigenvalue weighted by atomic mass is 32.2. The molecule has 0 spiro atoms. The summed E-state index contributed by atoms with van der Waals surface area (Å²) in [5, 5.41) is 0. The third-order valence-corrected chi connectivity index (χ3v) is 1.45. The lowest BCUT2D eigenvalue weighted by molar-refractivity contribution is 1.47. The van der Waals surface area contributed by atoms with E-state index in [-0.39, 0.29) is 0 Å². The summed E-state index contributed by atoms with van der Waals surface area (Å²) in [6, 6.07) is 0. The van der Waals surface area contributed by atoms with Crippen molar-refractivity contribution < 1.29 is 0 Å². The summed E-state index contributed by atoms with van der Waals surface area (Å²) >= 11 is 1.96. The van der Waals surface area contributed by atoms with E-state index in [2.05, 4.69) is 12.8 Å². The highest BCUT2D eigenvalue weighted by Gasteiger charge is 1.96. The Morgan fingerprint density at radius 3 is 2.00 bits per heavy atom. The standard InChI is InChI=1S/C4H6S/c1-2-4-5-3-1/h1-2H,3-4H2. The summed E-state index contributed by atoms with van der Waals surface area (Å²) < 4.78 is 0. The molecule has 1 saturated heterocycles. The minimum atomic E-state index is 1.24. The summed E-state index contributed by atoms with van der Waals surface area (Å²) in [6.07, 6.45) is 4.40. The minimum Gasteiger partial charge on any atom is -0.161 e. The third kappa shape index (κ3) is 0.839. The molecule has 0 aromatic heterocycles. The van der Waals surface area contributed by atoms with E-state index in [0.717, 1.165) is 0 Å². The maximum absolute atomic E-state index is 2.20. The first-order chi connectivity index (χ1) is 2.50. The van der Waals surface area contributed by atoms with Gasteiger partial charge < -0.3 is 0 Å². The molecule has 2 radical (unpaired) electrons. The van der Waals surface area contributed by atoms with Crippen molar-refractivity contribution in [2.24, 2.45) is 0 Å². The fraction of sp³-hybridized carbons (Fsp3) is 0.500. The fourth-order valence-corrected chi connectivity index (χ4v) is 1.02. The summed E-state index contributed by atoms with van der Waals surface area (Å²) in [7, 11) is 0. The highest BCUT2D eigenvalue weighted by molar-refractivity contribution is 7.99. The van der Waals surface area contributed by atoms with E-state index in [1.165, 1.54) is 11.5 Å². The van der Waals surface area contributed by atoms with Crippen LogP contribution in [-0.2, 0) is 0 Å². The second-order valence-electron chi connectivity index (χ2n) is 1.01. The molecule has 0 amide bonds. The van der Waals surface area contributed by atoms with Gasteiger partial charge in [-0.15, -0.1) is 0 Å². The lowest BCUT2D eigenvalue weighted by Crippen LogP contribution is -1.62. The van der Waals surface area contributed by atoms with Crippen molar-refractivity contribution in [2.45, 2.75) is 0 Å². The van der Waals surface area contributed by atoms with E-state index in [1.54, 1.807) is 0 Å².